The van der Waals surface area contributed by atoms with Crippen molar-refractivity contribution in [3.63, 3.8) is 0 Å². The molecule has 2 heterocycles. The van der Waals surface area contributed by atoms with E-state index in [2.05, 4.69) is 4.98 Å². The summed E-state index contributed by atoms with van der Waals surface area (Å²) in [7, 11) is -7.44. The first-order chi connectivity index (χ1) is 13.1. The minimum absolute atomic E-state index is 0.0564. The van der Waals surface area contributed by atoms with Gasteiger partial charge in [-0.15, -0.1) is 0 Å². The van der Waals surface area contributed by atoms with Gasteiger partial charge in [-0.2, -0.15) is 4.31 Å². The highest BCUT2D eigenvalue weighted by atomic mass is 32.2. The fourth-order valence-corrected chi connectivity index (χ4v) is 4.75. The molecule has 1 aromatic carbocycles. The molecule has 0 fully saturated rings. The molecule has 3 N–H and O–H groups in total. The van der Waals surface area contributed by atoms with Crippen molar-refractivity contribution in [1.29, 1.82) is 0 Å². The number of aromatic nitrogens is 1. The van der Waals surface area contributed by atoms with E-state index in [4.69, 9.17) is 5.73 Å². The van der Waals surface area contributed by atoms with Gasteiger partial charge in [0.1, 0.15) is 0 Å². The Morgan fingerprint density at radius 1 is 1.18 bits per heavy atom. The Morgan fingerprint density at radius 3 is 2.46 bits per heavy atom. The summed E-state index contributed by atoms with van der Waals surface area (Å²) in [5.41, 5.74) is 7.56. The molecule has 0 unspecified atom stereocenters. The van der Waals surface area contributed by atoms with Crippen molar-refractivity contribution in [1.82, 2.24) is 14.0 Å². The third-order valence-corrected chi connectivity index (χ3v) is 7.11. The molecule has 28 heavy (non-hydrogen) atoms. The third-order valence-electron chi connectivity index (χ3n) is 4.51. The maximum absolute atomic E-state index is 12.6. The molecule has 1 aliphatic rings. The van der Waals surface area contributed by atoms with Crippen molar-refractivity contribution in [3.05, 3.63) is 58.9 Å². The lowest BCUT2D eigenvalue weighted by molar-refractivity contribution is 0.0979. The second-order valence-electron chi connectivity index (χ2n) is 6.45. The quantitative estimate of drug-likeness (QED) is 0.687. The maximum Gasteiger partial charge on any atom is 0.266 e. The number of fused-ring (bicyclic) bond motifs is 1. The number of carbonyl (C=O) groups excluding carboxylic acids is 1. The van der Waals surface area contributed by atoms with E-state index in [-0.39, 0.29) is 30.1 Å². The molecule has 0 bridgehead atoms. The standard InChI is InChI=1S/C17H20N4O5S2/c1-27(23,24)21-7-6-15-13(11-21)9-19-10-16(15)17(22)20-28(25,26)14-4-2-12(8-18)3-5-14/h2-5,9-10H,6-8,11,18H2,1H3,(H,20,22). The summed E-state index contributed by atoms with van der Waals surface area (Å²) in [6.45, 7) is 0.581. The van der Waals surface area contributed by atoms with E-state index in [1.807, 2.05) is 4.72 Å². The van der Waals surface area contributed by atoms with Gasteiger partial charge in [0.15, 0.2) is 0 Å². The topological polar surface area (TPSA) is 140 Å². The number of nitrogens with one attached hydrogen (secondary N) is 1. The zero-order valence-corrected chi connectivity index (χ0v) is 16.8. The van der Waals surface area contributed by atoms with Crippen molar-refractivity contribution in [2.45, 2.75) is 24.4 Å². The minimum Gasteiger partial charge on any atom is -0.326 e. The van der Waals surface area contributed by atoms with Gasteiger partial charge in [0, 0.05) is 32.0 Å². The first-order valence-corrected chi connectivity index (χ1v) is 11.7. The smallest absolute Gasteiger partial charge is 0.266 e. The van der Waals surface area contributed by atoms with Gasteiger partial charge in [-0.25, -0.2) is 21.6 Å². The number of hydrogen-bond donors (Lipinski definition) is 2. The van der Waals surface area contributed by atoms with Crippen LogP contribution < -0.4 is 10.5 Å². The second-order valence-corrected chi connectivity index (χ2v) is 10.1. The highest BCUT2D eigenvalue weighted by Gasteiger charge is 2.28. The van der Waals surface area contributed by atoms with Crippen LogP contribution in [0.1, 0.15) is 27.0 Å². The van der Waals surface area contributed by atoms with E-state index in [0.29, 0.717) is 17.5 Å². The van der Waals surface area contributed by atoms with Gasteiger partial charge in [-0.1, -0.05) is 12.1 Å². The van der Waals surface area contributed by atoms with Crippen LogP contribution in [0.15, 0.2) is 41.6 Å². The molecule has 0 atom stereocenters. The van der Waals surface area contributed by atoms with Gasteiger partial charge in [0.25, 0.3) is 15.9 Å². The number of benzene rings is 1. The van der Waals surface area contributed by atoms with Gasteiger partial charge in [-0.05, 0) is 35.2 Å². The van der Waals surface area contributed by atoms with Crippen LogP contribution in [0.25, 0.3) is 0 Å². The summed E-state index contributed by atoms with van der Waals surface area (Å²) in [4.78, 5) is 16.5. The molecule has 0 spiro atoms. The molecule has 2 aromatic rings. The second kappa shape index (κ2) is 7.59. The number of hydrogen-bond acceptors (Lipinski definition) is 7. The number of sulfonamides is 2. The summed E-state index contributed by atoms with van der Waals surface area (Å²) in [5.74, 6) is -0.806. The first-order valence-electron chi connectivity index (χ1n) is 8.39. The molecule has 150 valence electrons. The Morgan fingerprint density at radius 2 is 1.86 bits per heavy atom. The Kier molecular flexibility index (Phi) is 5.53. The van der Waals surface area contributed by atoms with Gasteiger partial charge >= 0.3 is 0 Å². The predicted molar refractivity (Wildman–Crippen MR) is 102 cm³/mol. The average Bonchev–Trinajstić information content (AvgIpc) is 2.66. The largest absolute Gasteiger partial charge is 0.326 e. The van der Waals surface area contributed by atoms with Crippen LogP contribution in [-0.2, 0) is 39.6 Å². The molecule has 3 rings (SSSR count). The van der Waals surface area contributed by atoms with E-state index < -0.39 is 26.0 Å². The molecule has 0 saturated carbocycles. The van der Waals surface area contributed by atoms with Gasteiger partial charge in [0.05, 0.1) is 16.7 Å². The lowest BCUT2D eigenvalue weighted by Gasteiger charge is -2.27. The van der Waals surface area contributed by atoms with Crippen LogP contribution in [0.5, 0.6) is 0 Å². The molecule has 0 saturated heterocycles. The molecule has 1 aliphatic heterocycles. The third kappa shape index (κ3) is 4.22. The van der Waals surface area contributed by atoms with Crippen molar-refractivity contribution < 1.29 is 21.6 Å². The van der Waals surface area contributed by atoms with E-state index in [9.17, 15) is 21.6 Å². The molecule has 0 aliphatic carbocycles. The number of carbonyl (C=O) groups is 1. The number of nitrogens with zero attached hydrogens (tertiary/aromatic N) is 2. The summed E-state index contributed by atoms with van der Waals surface area (Å²) in [6, 6.07) is 5.90. The molecule has 0 radical (unpaired) electrons. The van der Waals surface area contributed by atoms with Crippen molar-refractivity contribution >= 4 is 26.0 Å². The zero-order valence-electron chi connectivity index (χ0n) is 15.1. The van der Waals surface area contributed by atoms with E-state index >= 15 is 0 Å². The van der Waals surface area contributed by atoms with E-state index in [1.165, 1.54) is 28.8 Å². The average molecular weight is 425 g/mol. The van der Waals surface area contributed by atoms with Crippen molar-refractivity contribution in [2.75, 3.05) is 12.8 Å². The van der Waals surface area contributed by atoms with Crippen LogP contribution in [0.4, 0.5) is 0 Å². The lowest BCUT2D eigenvalue weighted by atomic mass is 9.98. The van der Waals surface area contributed by atoms with E-state index in [0.717, 1.165) is 11.8 Å². The van der Waals surface area contributed by atoms with Crippen LogP contribution in [-0.4, -0.2) is 44.8 Å². The highest BCUT2D eigenvalue weighted by Crippen LogP contribution is 2.23. The normalized spacial score (nSPS) is 15.1. The van der Waals surface area contributed by atoms with Crippen LogP contribution in [0, 0.1) is 0 Å². The maximum atomic E-state index is 12.6. The summed E-state index contributed by atoms with van der Waals surface area (Å²) in [5, 5.41) is 0. The number of nitrogens with two attached hydrogens (primary N) is 1. The number of pyridine rings is 1. The van der Waals surface area contributed by atoms with Crippen molar-refractivity contribution in [3.8, 4) is 0 Å². The molecular formula is C17H20N4O5S2. The monoisotopic (exact) mass is 424 g/mol. The molecule has 9 nitrogen and oxygen atoms in total. The van der Waals surface area contributed by atoms with Crippen LogP contribution in [0.3, 0.4) is 0 Å². The van der Waals surface area contributed by atoms with E-state index in [1.54, 1.807) is 12.1 Å². The van der Waals surface area contributed by atoms with Gasteiger partial charge < -0.3 is 5.73 Å². The molecule has 1 amide bonds. The fraction of sp³-hybridized carbons (Fsp3) is 0.294. The summed E-state index contributed by atoms with van der Waals surface area (Å²) < 4.78 is 51.8. The Labute approximate surface area is 163 Å². The van der Waals surface area contributed by atoms with Gasteiger partial charge in [-0.3, -0.25) is 9.78 Å². The minimum atomic E-state index is -4.07. The Hall–Kier alpha value is -2.34. The number of rotatable bonds is 5. The van der Waals surface area contributed by atoms with Gasteiger partial charge in [0.2, 0.25) is 10.0 Å². The first kappa shape index (κ1) is 20.4. The highest BCUT2D eigenvalue weighted by molar-refractivity contribution is 7.90. The summed E-state index contributed by atoms with van der Waals surface area (Å²) >= 11 is 0. The number of amides is 1. The summed E-state index contributed by atoms with van der Waals surface area (Å²) in [6.07, 6.45) is 4.18. The van der Waals surface area contributed by atoms with Crippen molar-refractivity contribution in [2.24, 2.45) is 5.73 Å². The fourth-order valence-electron chi connectivity index (χ4n) is 2.99. The lowest BCUT2D eigenvalue weighted by Crippen LogP contribution is -2.37. The van der Waals surface area contributed by atoms with Crippen LogP contribution in [0.2, 0.25) is 0 Å². The van der Waals surface area contributed by atoms with Crippen LogP contribution >= 0.6 is 0 Å². The predicted octanol–water partition coefficient (Wildman–Crippen LogP) is -0.0233. The molecular weight excluding hydrogens is 404 g/mol. The zero-order chi connectivity index (χ0) is 20.5. The SMILES string of the molecule is CS(=O)(=O)N1CCc2c(cncc2C(=O)NS(=O)(=O)c2ccc(CN)cc2)C1. The molecule has 1 aromatic heterocycles. The Bertz CT molecular complexity index is 1110. The molecule has 11 heteroatoms. The Balaban J connectivity index is 1.86.